The van der Waals surface area contributed by atoms with Crippen molar-refractivity contribution in [1.82, 2.24) is 5.32 Å². The summed E-state index contributed by atoms with van der Waals surface area (Å²) < 4.78 is 17.0. The zero-order chi connectivity index (χ0) is 24.5. The maximum absolute atomic E-state index is 13.6. The number of rotatable bonds is 5. The van der Waals surface area contributed by atoms with Crippen LogP contribution in [0.1, 0.15) is 83.6 Å². The molecule has 1 N–H and O–H groups in total. The lowest BCUT2D eigenvalue weighted by atomic mass is 9.68. The van der Waals surface area contributed by atoms with Gasteiger partial charge in [0.25, 0.3) is 0 Å². The van der Waals surface area contributed by atoms with E-state index in [0.29, 0.717) is 29.1 Å². The Balaban J connectivity index is 1.78. The van der Waals surface area contributed by atoms with E-state index in [-0.39, 0.29) is 23.3 Å². The number of carbonyl (C=O) groups is 2. The van der Waals surface area contributed by atoms with Gasteiger partial charge in [-0.3, -0.25) is 4.79 Å². The van der Waals surface area contributed by atoms with Gasteiger partial charge in [0.1, 0.15) is 6.10 Å². The predicted molar refractivity (Wildman–Crippen MR) is 131 cm³/mol. The van der Waals surface area contributed by atoms with E-state index in [1.807, 2.05) is 25.1 Å². The highest BCUT2D eigenvalue weighted by Gasteiger charge is 2.43. The fourth-order valence-corrected chi connectivity index (χ4v) is 5.65. The van der Waals surface area contributed by atoms with E-state index >= 15 is 0 Å². The van der Waals surface area contributed by atoms with Gasteiger partial charge in [-0.25, -0.2) is 4.79 Å². The van der Waals surface area contributed by atoms with Gasteiger partial charge in [0.2, 0.25) is 0 Å². The van der Waals surface area contributed by atoms with E-state index in [9.17, 15) is 9.59 Å². The van der Waals surface area contributed by atoms with Crippen LogP contribution in [-0.2, 0) is 14.3 Å². The number of allylic oxidation sites excluding steroid dienone is 3. The zero-order valence-corrected chi connectivity index (χ0v) is 21.1. The molecule has 0 aromatic heterocycles. The molecule has 1 atom stereocenters. The molecule has 1 aromatic carbocycles. The van der Waals surface area contributed by atoms with Crippen LogP contribution in [0.25, 0.3) is 0 Å². The lowest BCUT2D eigenvalue weighted by Gasteiger charge is -2.39. The lowest BCUT2D eigenvalue weighted by Crippen LogP contribution is -2.39. The van der Waals surface area contributed by atoms with Gasteiger partial charge in [-0.2, -0.15) is 0 Å². The van der Waals surface area contributed by atoms with Crippen molar-refractivity contribution in [2.24, 2.45) is 5.41 Å². The van der Waals surface area contributed by atoms with Crippen LogP contribution >= 0.6 is 0 Å². The highest BCUT2D eigenvalue weighted by atomic mass is 16.5. The molecule has 2 aliphatic carbocycles. The van der Waals surface area contributed by atoms with Crippen molar-refractivity contribution in [1.29, 1.82) is 0 Å². The van der Waals surface area contributed by atoms with Crippen LogP contribution in [-0.4, -0.2) is 32.1 Å². The van der Waals surface area contributed by atoms with Gasteiger partial charge in [-0.1, -0.05) is 32.8 Å². The molecule has 0 spiro atoms. The van der Waals surface area contributed by atoms with Crippen LogP contribution in [0.2, 0.25) is 0 Å². The number of dihydropyridines is 1. The van der Waals surface area contributed by atoms with Crippen LogP contribution in [0.3, 0.4) is 0 Å². The van der Waals surface area contributed by atoms with Crippen molar-refractivity contribution in [2.45, 2.75) is 84.2 Å². The summed E-state index contributed by atoms with van der Waals surface area (Å²) in [6.45, 7) is 6.13. The van der Waals surface area contributed by atoms with Crippen molar-refractivity contribution in [3.63, 3.8) is 0 Å². The van der Waals surface area contributed by atoms with E-state index in [2.05, 4.69) is 19.2 Å². The minimum absolute atomic E-state index is 0.0716. The highest BCUT2D eigenvalue weighted by Crippen LogP contribution is 2.48. The summed E-state index contributed by atoms with van der Waals surface area (Å²) in [5, 5.41) is 3.42. The molecule has 3 aliphatic rings. The zero-order valence-electron chi connectivity index (χ0n) is 21.1. The molecule has 184 valence electrons. The van der Waals surface area contributed by atoms with Crippen LogP contribution in [0.4, 0.5) is 0 Å². The molecule has 0 amide bonds. The molecule has 1 fully saturated rings. The molecule has 0 radical (unpaired) electrons. The summed E-state index contributed by atoms with van der Waals surface area (Å²) in [5.74, 6) is 0.414. The standard InChI is InChI=1S/C28H37NO5/c1-17-24(27(31)34-19-10-8-6-7-9-11-19)25(18-12-13-22(32-4)23(14-18)33-5)26-20(29-17)15-28(2,3)16-21(26)30/h12-14,19,25,29H,6-11,15-16H2,1-5H3/t25-/m1/s1. The normalized spacial score (nSPS) is 23.1. The Hall–Kier alpha value is -2.76. The van der Waals surface area contributed by atoms with E-state index in [0.717, 1.165) is 49.1 Å². The summed E-state index contributed by atoms with van der Waals surface area (Å²) in [4.78, 5) is 27.1. The summed E-state index contributed by atoms with van der Waals surface area (Å²) in [7, 11) is 3.18. The topological polar surface area (TPSA) is 73.9 Å². The highest BCUT2D eigenvalue weighted by molar-refractivity contribution is 6.04. The van der Waals surface area contributed by atoms with Crippen LogP contribution in [0.5, 0.6) is 11.5 Å². The van der Waals surface area contributed by atoms with E-state index in [1.165, 1.54) is 12.8 Å². The second-order valence-corrected chi connectivity index (χ2v) is 10.6. The number of ether oxygens (including phenoxy) is 3. The van der Waals surface area contributed by atoms with Crippen molar-refractivity contribution in [2.75, 3.05) is 14.2 Å². The lowest BCUT2D eigenvalue weighted by molar-refractivity contribution is -0.145. The Labute approximate surface area is 202 Å². The van der Waals surface area contributed by atoms with Gasteiger partial charge in [0.05, 0.1) is 19.8 Å². The molecule has 4 rings (SSSR count). The number of ketones is 1. The summed E-state index contributed by atoms with van der Waals surface area (Å²) >= 11 is 0. The third kappa shape index (κ3) is 4.86. The Kier molecular flexibility index (Phi) is 7.06. The molecule has 1 aliphatic heterocycles. The summed E-state index contributed by atoms with van der Waals surface area (Å²) in [6, 6.07) is 5.62. The number of Topliss-reactive ketones (excluding diaryl/α,β-unsaturated/α-hetero) is 1. The van der Waals surface area contributed by atoms with Crippen molar-refractivity contribution >= 4 is 11.8 Å². The first-order chi connectivity index (χ1) is 16.2. The van der Waals surface area contributed by atoms with E-state index in [1.54, 1.807) is 14.2 Å². The average molecular weight is 468 g/mol. The second-order valence-electron chi connectivity index (χ2n) is 10.6. The van der Waals surface area contributed by atoms with Crippen molar-refractivity contribution in [3.8, 4) is 11.5 Å². The van der Waals surface area contributed by atoms with Crippen LogP contribution in [0.15, 0.2) is 40.7 Å². The summed E-state index contributed by atoms with van der Waals surface area (Å²) in [5.41, 5.74) is 3.54. The average Bonchev–Trinajstić information content (AvgIpc) is 3.05. The number of hydrogen-bond donors (Lipinski definition) is 1. The second kappa shape index (κ2) is 9.85. The van der Waals surface area contributed by atoms with Crippen LogP contribution in [0, 0.1) is 5.41 Å². The van der Waals surface area contributed by atoms with Gasteiger partial charge in [-0.05, 0) is 62.1 Å². The fourth-order valence-electron chi connectivity index (χ4n) is 5.65. The third-order valence-electron chi connectivity index (χ3n) is 7.28. The number of esters is 1. The van der Waals surface area contributed by atoms with Crippen molar-refractivity contribution in [3.05, 3.63) is 46.3 Å². The molecular formula is C28H37NO5. The quantitative estimate of drug-likeness (QED) is 0.451. The van der Waals surface area contributed by atoms with Gasteiger partial charge >= 0.3 is 5.97 Å². The first kappa shape index (κ1) is 24.4. The van der Waals surface area contributed by atoms with Crippen molar-refractivity contribution < 1.29 is 23.8 Å². The van der Waals surface area contributed by atoms with Gasteiger partial charge in [-0.15, -0.1) is 0 Å². The number of methoxy groups -OCH3 is 2. The largest absolute Gasteiger partial charge is 0.493 e. The maximum Gasteiger partial charge on any atom is 0.337 e. The molecule has 1 heterocycles. The maximum atomic E-state index is 13.6. The molecule has 34 heavy (non-hydrogen) atoms. The fraction of sp³-hybridized carbons (Fsp3) is 0.571. The minimum atomic E-state index is -0.502. The Morgan fingerprint density at radius 3 is 2.32 bits per heavy atom. The van der Waals surface area contributed by atoms with Gasteiger partial charge in [0, 0.05) is 29.3 Å². The molecule has 6 heteroatoms. The first-order valence-corrected chi connectivity index (χ1v) is 12.4. The Bertz CT molecular complexity index is 1030. The SMILES string of the molecule is COc1ccc([C@@H]2C(C(=O)OC3CCCCCC3)=C(C)NC3=C2C(=O)CC(C)(C)C3)cc1OC. The third-order valence-corrected chi connectivity index (χ3v) is 7.28. The number of carbonyl (C=O) groups excluding carboxylic acids is 2. The number of hydrogen-bond acceptors (Lipinski definition) is 6. The predicted octanol–water partition coefficient (Wildman–Crippen LogP) is 5.57. The van der Waals surface area contributed by atoms with E-state index < -0.39 is 5.92 Å². The first-order valence-electron chi connectivity index (χ1n) is 12.4. The Morgan fingerprint density at radius 1 is 1.00 bits per heavy atom. The van der Waals surface area contributed by atoms with Gasteiger partial charge < -0.3 is 19.5 Å². The molecule has 0 saturated heterocycles. The molecule has 6 nitrogen and oxygen atoms in total. The van der Waals surface area contributed by atoms with Crippen LogP contribution < -0.4 is 14.8 Å². The minimum Gasteiger partial charge on any atom is -0.493 e. The molecule has 0 bridgehead atoms. The number of benzene rings is 1. The van der Waals surface area contributed by atoms with Gasteiger partial charge in [0.15, 0.2) is 17.3 Å². The molecule has 1 aromatic rings. The Morgan fingerprint density at radius 2 is 1.68 bits per heavy atom. The molecular weight excluding hydrogens is 430 g/mol. The summed E-state index contributed by atoms with van der Waals surface area (Å²) in [6.07, 6.45) is 7.45. The molecule has 1 saturated carbocycles. The monoisotopic (exact) mass is 467 g/mol. The smallest absolute Gasteiger partial charge is 0.337 e. The number of nitrogens with one attached hydrogen (secondary N) is 1. The van der Waals surface area contributed by atoms with E-state index in [4.69, 9.17) is 14.2 Å². The molecule has 0 unspecified atom stereocenters.